The van der Waals surface area contributed by atoms with Crippen LogP contribution in [0.3, 0.4) is 0 Å². The molecular formula is C42H54O8. The van der Waals surface area contributed by atoms with Crippen LogP contribution >= 0.6 is 0 Å². The highest BCUT2D eigenvalue weighted by Gasteiger charge is 2.15. The maximum absolute atomic E-state index is 12.7. The van der Waals surface area contributed by atoms with Gasteiger partial charge >= 0.3 is 23.9 Å². The Morgan fingerprint density at radius 2 is 0.620 bits per heavy atom. The van der Waals surface area contributed by atoms with Crippen molar-refractivity contribution in [3.63, 3.8) is 0 Å². The fraction of sp³-hybridized carbons (Fsp3) is 0.476. The normalized spacial score (nSPS) is 10.8. The van der Waals surface area contributed by atoms with E-state index in [1.165, 1.54) is 88.5 Å². The van der Waals surface area contributed by atoms with Gasteiger partial charge in [-0.05, 0) is 85.6 Å². The van der Waals surface area contributed by atoms with Gasteiger partial charge in [0.25, 0.3) is 0 Å². The molecule has 3 rings (SSSR count). The quantitative estimate of drug-likeness (QED) is 0.0521. The highest BCUT2D eigenvalue weighted by molar-refractivity contribution is 5.95. The maximum atomic E-state index is 12.7. The smallest absolute Gasteiger partial charge is 0.343 e. The summed E-state index contributed by atoms with van der Waals surface area (Å²) in [5, 5.41) is 0. The molecule has 0 aliphatic carbocycles. The Labute approximate surface area is 297 Å². The molecule has 0 aliphatic rings. The summed E-state index contributed by atoms with van der Waals surface area (Å²) < 4.78 is 21.6. The fourth-order valence-corrected chi connectivity index (χ4v) is 5.36. The predicted octanol–water partition coefficient (Wildman–Crippen LogP) is 10.7. The number of hydrogen-bond acceptors (Lipinski definition) is 8. The lowest BCUT2D eigenvalue weighted by atomic mass is 10.1. The van der Waals surface area contributed by atoms with Crippen molar-refractivity contribution in [2.75, 3.05) is 13.2 Å². The molecule has 0 aromatic heterocycles. The summed E-state index contributed by atoms with van der Waals surface area (Å²) in [5.74, 6) is -1.48. The standard InChI is InChI=1S/C42H54O8/c1-3-5-7-9-11-13-15-17-31-47-39(43)33-23-27-37(28-24-33)49-41(45)35-19-21-36(22-20-35)42(46)50-38-29-25-34(26-30-38)40(44)48-32-18-16-14-12-10-8-6-4-2/h19-30H,3-18,31-32H2,1-2H3. The van der Waals surface area contributed by atoms with Crippen LogP contribution in [0.2, 0.25) is 0 Å². The van der Waals surface area contributed by atoms with E-state index >= 15 is 0 Å². The Morgan fingerprint density at radius 1 is 0.360 bits per heavy atom. The van der Waals surface area contributed by atoms with Crippen LogP contribution in [0.4, 0.5) is 0 Å². The van der Waals surface area contributed by atoms with Crippen molar-refractivity contribution in [1.29, 1.82) is 0 Å². The zero-order valence-corrected chi connectivity index (χ0v) is 29.9. The van der Waals surface area contributed by atoms with Crippen LogP contribution in [0.5, 0.6) is 11.5 Å². The number of carbonyl (C=O) groups is 4. The molecule has 0 radical (unpaired) electrons. The first-order chi connectivity index (χ1) is 24.4. The van der Waals surface area contributed by atoms with Gasteiger partial charge in [0.05, 0.1) is 35.5 Å². The largest absolute Gasteiger partial charge is 0.462 e. The lowest BCUT2D eigenvalue weighted by Gasteiger charge is -2.08. The van der Waals surface area contributed by atoms with Crippen molar-refractivity contribution in [3.8, 4) is 11.5 Å². The van der Waals surface area contributed by atoms with Crippen LogP contribution in [0, 0.1) is 0 Å². The van der Waals surface area contributed by atoms with Gasteiger partial charge < -0.3 is 18.9 Å². The predicted molar refractivity (Wildman–Crippen MR) is 195 cm³/mol. The van der Waals surface area contributed by atoms with Gasteiger partial charge in [0.2, 0.25) is 0 Å². The third-order valence-corrected chi connectivity index (χ3v) is 8.42. The van der Waals surface area contributed by atoms with Gasteiger partial charge in [-0.25, -0.2) is 19.2 Å². The molecule has 0 bridgehead atoms. The van der Waals surface area contributed by atoms with E-state index in [1.54, 1.807) is 48.5 Å². The molecule has 0 atom stereocenters. The van der Waals surface area contributed by atoms with Gasteiger partial charge in [0, 0.05) is 0 Å². The molecule has 8 heteroatoms. The first-order valence-corrected chi connectivity index (χ1v) is 18.5. The molecule has 3 aromatic carbocycles. The van der Waals surface area contributed by atoms with Crippen molar-refractivity contribution < 1.29 is 38.1 Å². The number of benzene rings is 3. The molecule has 50 heavy (non-hydrogen) atoms. The minimum absolute atomic E-state index is 0.241. The minimum atomic E-state index is -0.611. The molecule has 0 amide bonds. The van der Waals surface area contributed by atoms with Crippen LogP contribution in [0.25, 0.3) is 0 Å². The summed E-state index contributed by atoms with van der Waals surface area (Å²) in [4.78, 5) is 50.1. The Morgan fingerprint density at radius 3 is 0.940 bits per heavy atom. The molecule has 0 spiro atoms. The third kappa shape index (κ3) is 15.4. The molecular weight excluding hydrogens is 632 g/mol. The van der Waals surface area contributed by atoms with Crippen molar-refractivity contribution >= 4 is 23.9 Å². The first-order valence-electron chi connectivity index (χ1n) is 18.5. The van der Waals surface area contributed by atoms with Gasteiger partial charge in [-0.15, -0.1) is 0 Å². The van der Waals surface area contributed by atoms with E-state index < -0.39 is 23.9 Å². The summed E-state index contributed by atoms with van der Waals surface area (Å²) in [6.07, 6.45) is 18.7. The molecule has 0 saturated carbocycles. The monoisotopic (exact) mass is 686 g/mol. The van der Waals surface area contributed by atoms with Gasteiger partial charge in [-0.3, -0.25) is 0 Å². The number of hydrogen-bond donors (Lipinski definition) is 0. The lowest BCUT2D eigenvalue weighted by molar-refractivity contribution is 0.0488. The van der Waals surface area contributed by atoms with Gasteiger partial charge in [0.15, 0.2) is 0 Å². The number of carbonyl (C=O) groups excluding carboxylic acids is 4. The molecule has 3 aromatic rings. The Kier molecular flexibility index (Phi) is 19.0. The van der Waals surface area contributed by atoms with Crippen molar-refractivity contribution in [2.24, 2.45) is 0 Å². The zero-order chi connectivity index (χ0) is 35.8. The van der Waals surface area contributed by atoms with E-state index in [0.29, 0.717) is 24.3 Å². The molecule has 0 N–H and O–H groups in total. The van der Waals surface area contributed by atoms with E-state index in [-0.39, 0.29) is 22.6 Å². The Hall–Kier alpha value is -4.46. The van der Waals surface area contributed by atoms with E-state index in [0.717, 1.165) is 38.5 Å². The molecule has 0 heterocycles. The lowest BCUT2D eigenvalue weighted by Crippen LogP contribution is -2.12. The SMILES string of the molecule is CCCCCCCCCCOC(=O)c1ccc(OC(=O)c2ccc(C(=O)Oc3ccc(C(=O)OCCCCCCCCCC)cc3)cc2)cc1. The number of unbranched alkanes of at least 4 members (excludes halogenated alkanes) is 14. The fourth-order valence-electron chi connectivity index (χ4n) is 5.36. The van der Waals surface area contributed by atoms with Crippen LogP contribution in [0.15, 0.2) is 72.8 Å². The highest BCUT2D eigenvalue weighted by Crippen LogP contribution is 2.19. The molecule has 0 unspecified atom stereocenters. The van der Waals surface area contributed by atoms with Crippen LogP contribution in [0.1, 0.15) is 158 Å². The molecule has 0 fully saturated rings. The summed E-state index contributed by atoms with van der Waals surface area (Å²) in [5.41, 5.74) is 1.25. The summed E-state index contributed by atoms with van der Waals surface area (Å²) in [6.45, 7) is 5.19. The molecule has 270 valence electrons. The Balaban J connectivity index is 1.35. The van der Waals surface area contributed by atoms with Gasteiger partial charge in [-0.2, -0.15) is 0 Å². The first kappa shape index (κ1) is 40.0. The Bertz CT molecular complexity index is 1320. The second kappa shape index (κ2) is 23.8. The number of rotatable bonds is 24. The molecule has 8 nitrogen and oxygen atoms in total. The van der Waals surface area contributed by atoms with Crippen molar-refractivity contribution in [1.82, 2.24) is 0 Å². The zero-order valence-electron chi connectivity index (χ0n) is 29.9. The van der Waals surface area contributed by atoms with Crippen molar-refractivity contribution in [3.05, 3.63) is 95.1 Å². The average molecular weight is 687 g/mol. The molecule has 0 aliphatic heterocycles. The van der Waals surface area contributed by atoms with E-state index in [1.807, 2.05) is 0 Å². The summed E-state index contributed by atoms with van der Waals surface area (Å²) in [7, 11) is 0. The van der Waals surface area contributed by atoms with Gasteiger partial charge in [-0.1, -0.05) is 104 Å². The topological polar surface area (TPSA) is 105 Å². The summed E-state index contributed by atoms with van der Waals surface area (Å²) >= 11 is 0. The van der Waals surface area contributed by atoms with E-state index in [4.69, 9.17) is 18.9 Å². The van der Waals surface area contributed by atoms with Crippen LogP contribution in [-0.2, 0) is 9.47 Å². The van der Waals surface area contributed by atoms with E-state index in [9.17, 15) is 19.2 Å². The van der Waals surface area contributed by atoms with Gasteiger partial charge in [0.1, 0.15) is 11.5 Å². The maximum Gasteiger partial charge on any atom is 0.343 e. The van der Waals surface area contributed by atoms with E-state index in [2.05, 4.69) is 13.8 Å². The second-order valence-corrected chi connectivity index (χ2v) is 12.6. The third-order valence-electron chi connectivity index (χ3n) is 8.42. The van der Waals surface area contributed by atoms with Crippen molar-refractivity contribution in [2.45, 2.75) is 117 Å². The summed E-state index contributed by atoms with van der Waals surface area (Å²) in [6, 6.07) is 18.3. The number of esters is 4. The minimum Gasteiger partial charge on any atom is -0.462 e. The number of ether oxygens (including phenoxy) is 4. The van der Waals surface area contributed by atoms with Crippen LogP contribution < -0.4 is 9.47 Å². The average Bonchev–Trinajstić information content (AvgIpc) is 3.14. The van der Waals surface area contributed by atoms with Crippen LogP contribution in [-0.4, -0.2) is 37.1 Å². The highest BCUT2D eigenvalue weighted by atomic mass is 16.5. The molecule has 0 saturated heterocycles. The second-order valence-electron chi connectivity index (χ2n) is 12.6.